The van der Waals surface area contributed by atoms with Crippen LogP contribution in [0, 0.1) is 6.92 Å². The maximum absolute atomic E-state index is 11.0. The van der Waals surface area contributed by atoms with Gasteiger partial charge < -0.3 is 0 Å². The minimum absolute atomic E-state index is 0.367. The first-order chi connectivity index (χ1) is 11.7. The lowest BCUT2D eigenvalue weighted by molar-refractivity contribution is 0.388. The van der Waals surface area contributed by atoms with Crippen molar-refractivity contribution in [2.75, 3.05) is 0 Å². The lowest BCUT2D eigenvalue weighted by atomic mass is 10.1. The van der Waals surface area contributed by atoms with Gasteiger partial charge >= 0.3 is 5.76 Å². The first-order valence-electron chi connectivity index (χ1n) is 7.28. The molecule has 24 heavy (non-hydrogen) atoms. The van der Waals surface area contributed by atoms with Crippen molar-refractivity contribution in [3.8, 4) is 22.6 Å². The summed E-state index contributed by atoms with van der Waals surface area (Å²) in [4.78, 5) is 18.2. The molecule has 0 amide bonds. The smallest absolute Gasteiger partial charge is 0.296 e. The van der Waals surface area contributed by atoms with Crippen LogP contribution in [0.3, 0.4) is 0 Å². The highest BCUT2D eigenvalue weighted by Crippen LogP contribution is 2.23. The number of nitrogens with one attached hydrogen (secondary N) is 1. The van der Waals surface area contributed by atoms with Crippen molar-refractivity contribution in [2.45, 2.75) is 13.5 Å². The molecule has 0 spiro atoms. The molecule has 4 aromatic rings. The minimum Gasteiger partial charge on any atom is -0.296 e. The molecule has 0 radical (unpaired) electrons. The molecular weight excluding hydrogens is 326 g/mol. The molecular formula is C16H13N5O2S. The van der Waals surface area contributed by atoms with Crippen LogP contribution in [0.25, 0.3) is 22.6 Å². The molecule has 7 nitrogen and oxygen atoms in total. The van der Waals surface area contributed by atoms with Crippen LogP contribution in [0.5, 0.6) is 0 Å². The number of aromatic amines is 1. The first-order valence-corrected chi connectivity index (χ1v) is 8.15. The van der Waals surface area contributed by atoms with E-state index in [0.717, 1.165) is 16.3 Å². The zero-order chi connectivity index (χ0) is 16.5. The molecule has 0 atom stereocenters. The molecule has 3 aromatic heterocycles. The molecule has 0 fully saturated rings. The summed E-state index contributed by atoms with van der Waals surface area (Å²) in [5.41, 5.74) is 3.97. The predicted molar refractivity (Wildman–Crippen MR) is 89.7 cm³/mol. The topological polar surface area (TPSA) is 89.6 Å². The lowest BCUT2D eigenvalue weighted by Gasteiger charge is -1.99. The van der Waals surface area contributed by atoms with Gasteiger partial charge in [0.25, 0.3) is 0 Å². The van der Waals surface area contributed by atoms with Gasteiger partial charge in [0.05, 0.1) is 24.0 Å². The Hall–Kier alpha value is -3.00. The Morgan fingerprint density at radius 2 is 2.25 bits per heavy atom. The van der Waals surface area contributed by atoms with Gasteiger partial charge in [-0.1, -0.05) is 28.9 Å². The predicted octanol–water partition coefficient (Wildman–Crippen LogP) is 2.71. The number of aryl methyl sites for hydroxylation is 1. The molecule has 0 saturated carbocycles. The monoisotopic (exact) mass is 339 g/mol. The molecule has 1 N–H and O–H groups in total. The number of nitrogens with zero attached hydrogens (tertiary/aromatic N) is 4. The summed E-state index contributed by atoms with van der Waals surface area (Å²) in [5, 5.41) is 10.9. The molecule has 120 valence electrons. The van der Waals surface area contributed by atoms with Gasteiger partial charge in [0.2, 0.25) is 0 Å². The third-order valence-corrected chi connectivity index (χ3v) is 4.34. The van der Waals surface area contributed by atoms with Crippen molar-refractivity contribution in [3.05, 3.63) is 63.2 Å². The Kier molecular flexibility index (Phi) is 3.58. The largest absolute Gasteiger partial charge is 0.439 e. The van der Waals surface area contributed by atoms with Crippen molar-refractivity contribution in [1.82, 2.24) is 24.9 Å². The zero-order valence-corrected chi connectivity index (χ0v) is 13.6. The Bertz CT molecular complexity index is 1040. The lowest BCUT2D eigenvalue weighted by Crippen LogP contribution is -1.99. The summed E-state index contributed by atoms with van der Waals surface area (Å²) in [6.45, 7) is 2.62. The van der Waals surface area contributed by atoms with Crippen molar-refractivity contribution in [3.63, 3.8) is 0 Å². The Morgan fingerprint density at radius 1 is 1.33 bits per heavy atom. The van der Waals surface area contributed by atoms with E-state index in [-0.39, 0.29) is 0 Å². The summed E-state index contributed by atoms with van der Waals surface area (Å²) in [7, 11) is 0. The molecule has 4 rings (SSSR count). The number of hydrogen-bond donors (Lipinski definition) is 1. The molecule has 0 aliphatic rings. The Balaban J connectivity index is 1.54. The molecule has 0 aliphatic carbocycles. The second kappa shape index (κ2) is 5.89. The highest BCUT2D eigenvalue weighted by Gasteiger charge is 2.09. The third kappa shape index (κ3) is 2.91. The number of rotatable bonds is 4. The van der Waals surface area contributed by atoms with Crippen LogP contribution in [0.1, 0.15) is 10.6 Å². The van der Waals surface area contributed by atoms with Gasteiger partial charge in [-0.2, -0.15) is 5.10 Å². The summed E-state index contributed by atoms with van der Waals surface area (Å²) in [5.74, 6) is -0.216. The van der Waals surface area contributed by atoms with E-state index in [9.17, 15) is 4.79 Å². The van der Waals surface area contributed by atoms with E-state index in [1.54, 1.807) is 28.4 Å². The van der Waals surface area contributed by atoms with Crippen molar-refractivity contribution >= 4 is 11.3 Å². The molecule has 0 aliphatic heterocycles. The van der Waals surface area contributed by atoms with E-state index < -0.39 is 5.76 Å². The fourth-order valence-electron chi connectivity index (χ4n) is 2.39. The maximum Gasteiger partial charge on any atom is 0.439 e. The summed E-state index contributed by atoms with van der Waals surface area (Å²) in [6.07, 6.45) is 3.42. The van der Waals surface area contributed by atoms with Crippen molar-refractivity contribution < 1.29 is 4.52 Å². The van der Waals surface area contributed by atoms with Crippen LogP contribution in [0.15, 0.2) is 51.4 Å². The Morgan fingerprint density at radius 3 is 3.04 bits per heavy atom. The number of benzene rings is 1. The van der Waals surface area contributed by atoms with Crippen LogP contribution in [-0.4, -0.2) is 24.9 Å². The number of hydrogen-bond acceptors (Lipinski definition) is 6. The normalized spacial score (nSPS) is 11.0. The minimum atomic E-state index is -0.583. The number of thiazole rings is 1. The molecule has 0 bridgehead atoms. The van der Waals surface area contributed by atoms with E-state index >= 15 is 0 Å². The van der Waals surface area contributed by atoms with Crippen LogP contribution < -0.4 is 5.76 Å². The van der Waals surface area contributed by atoms with E-state index in [2.05, 4.69) is 49.9 Å². The summed E-state index contributed by atoms with van der Waals surface area (Å²) >= 11 is 1.59. The summed E-state index contributed by atoms with van der Waals surface area (Å²) < 4.78 is 6.25. The highest BCUT2D eigenvalue weighted by molar-refractivity contribution is 7.09. The fourth-order valence-corrected chi connectivity index (χ4v) is 3.18. The first kappa shape index (κ1) is 14.6. The number of aromatic nitrogens is 5. The molecule has 1 aromatic carbocycles. The quantitative estimate of drug-likeness (QED) is 0.617. The van der Waals surface area contributed by atoms with Crippen molar-refractivity contribution in [2.24, 2.45) is 0 Å². The van der Waals surface area contributed by atoms with Gasteiger partial charge in [0.15, 0.2) is 5.82 Å². The van der Waals surface area contributed by atoms with Gasteiger partial charge in [0, 0.05) is 17.1 Å². The van der Waals surface area contributed by atoms with E-state index in [1.165, 1.54) is 5.56 Å². The third-order valence-electron chi connectivity index (χ3n) is 3.51. The average Bonchev–Trinajstić information content (AvgIpc) is 3.28. The van der Waals surface area contributed by atoms with Crippen LogP contribution >= 0.6 is 11.3 Å². The van der Waals surface area contributed by atoms with Gasteiger partial charge in [-0.3, -0.25) is 14.2 Å². The summed E-state index contributed by atoms with van der Waals surface area (Å²) in [6, 6.07) is 8.27. The Labute approximate surface area is 140 Å². The van der Waals surface area contributed by atoms with Crippen LogP contribution in [-0.2, 0) is 6.54 Å². The van der Waals surface area contributed by atoms with Gasteiger partial charge in [0.1, 0.15) is 5.01 Å². The molecule has 3 heterocycles. The van der Waals surface area contributed by atoms with Gasteiger partial charge in [-0.05, 0) is 13.0 Å². The molecule has 8 heteroatoms. The van der Waals surface area contributed by atoms with E-state index in [1.807, 2.05) is 11.4 Å². The molecule has 0 unspecified atom stereocenters. The van der Waals surface area contributed by atoms with Gasteiger partial charge in [-0.25, -0.2) is 9.78 Å². The highest BCUT2D eigenvalue weighted by atomic mass is 32.1. The van der Waals surface area contributed by atoms with Crippen LogP contribution in [0.2, 0.25) is 0 Å². The second-order valence-electron chi connectivity index (χ2n) is 5.37. The standard InChI is InChI=1S/C16H13N5O2S/c1-10-3-2-4-11(5-10)13-9-24-14(18-13)8-21-7-12(6-17-21)15-19-16(22)23-20-15/h2-7,9H,8H2,1H3,(H,19,20,22). The van der Waals surface area contributed by atoms with E-state index in [4.69, 9.17) is 0 Å². The second-order valence-corrected chi connectivity index (χ2v) is 6.31. The maximum atomic E-state index is 11.0. The van der Waals surface area contributed by atoms with Gasteiger partial charge in [-0.15, -0.1) is 11.3 Å². The number of H-pyrrole nitrogens is 1. The SMILES string of the molecule is Cc1cccc(-c2csc(Cn3cc(-c4noc(=O)[nH]4)cn3)n2)c1. The zero-order valence-electron chi connectivity index (χ0n) is 12.8. The van der Waals surface area contributed by atoms with Crippen molar-refractivity contribution in [1.29, 1.82) is 0 Å². The average molecular weight is 339 g/mol. The fraction of sp³-hybridized carbons (Fsp3) is 0.125. The van der Waals surface area contributed by atoms with Crippen LogP contribution in [0.4, 0.5) is 0 Å². The van der Waals surface area contributed by atoms with E-state index in [0.29, 0.717) is 17.9 Å². The molecule has 0 saturated heterocycles.